The molecule has 102 valence electrons. The number of nitrogens with zero attached hydrogens (tertiary/aromatic N) is 2. The highest BCUT2D eigenvalue weighted by atomic mass is 79.9. The van der Waals surface area contributed by atoms with Crippen LogP contribution in [0, 0.1) is 6.92 Å². The Bertz CT molecular complexity index is 510. The maximum absolute atomic E-state index is 4.54. The van der Waals surface area contributed by atoms with Crippen LogP contribution in [0.1, 0.15) is 35.8 Å². The van der Waals surface area contributed by atoms with Gasteiger partial charge in [0.2, 0.25) is 0 Å². The Labute approximate surface area is 126 Å². The first-order valence-corrected chi connectivity index (χ1v) is 8.12. The van der Waals surface area contributed by atoms with Crippen LogP contribution in [0.5, 0.6) is 0 Å². The zero-order valence-corrected chi connectivity index (χ0v) is 13.6. The number of aryl methyl sites for hydroxylation is 1. The third-order valence-corrected chi connectivity index (χ3v) is 4.12. The second-order valence-electron chi connectivity index (χ2n) is 4.47. The van der Waals surface area contributed by atoms with Gasteiger partial charge in [-0.2, -0.15) is 0 Å². The Morgan fingerprint density at radius 1 is 1.42 bits per heavy atom. The summed E-state index contributed by atoms with van der Waals surface area (Å²) < 4.78 is 1.01. The highest BCUT2D eigenvalue weighted by Crippen LogP contribution is 2.19. The fraction of sp³-hybridized carbons (Fsp3) is 0.429. The Morgan fingerprint density at radius 3 is 2.84 bits per heavy atom. The average molecular weight is 340 g/mol. The summed E-state index contributed by atoms with van der Waals surface area (Å²) in [6.45, 7) is 5.21. The molecule has 1 N–H and O–H groups in total. The molecule has 1 atom stereocenters. The van der Waals surface area contributed by atoms with Gasteiger partial charge in [-0.05, 0) is 48.0 Å². The van der Waals surface area contributed by atoms with E-state index in [9.17, 15) is 0 Å². The van der Waals surface area contributed by atoms with Gasteiger partial charge in [0.1, 0.15) is 0 Å². The van der Waals surface area contributed by atoms with E-state index in [0.29, 0.717) is 0 Å². The van der Waals surface area contributed by atoms with Crippen molar-refractivity contribution < 1.29 is 0 Å². The zero-order chi connectivity index (χ0) is 13.7. The molecule has 0 bridgehead atoms. The normalized spacial score (nSPS) is 12.6. The average Bonchev–Trinajstić information content (AvgIpc) is 2.81. The minimum Gasteiger partial charge on any atom is -0.308 e. The quantitative estimate of drug-likeness (QED) is 0.867. The summed E-state index contributed by atoms with van der Waals surface area (Å²) >= 11 is 5.12. The van der Waals surface area contributed by atoms with E-state index >= 15 is 0 Å². The lowest BCUT2D eigenvalue weighted by molar-refractivity contribution is 0.514. The summed E-state index contributed by atoms with van der Waals surface area (Å²) in [5, 5.41) is 6.80. The monoisotopic (exact) mass is 339 g/mol. The predicted molar refractivity (Wildman–Crippen MR) is 83.5 cm³/mol. The van der Waals surface area contributed by atoms with Crippen molar-refractivity contribution in [2.45, 2.75) is 32.7 Å². The van der Waals surface area contributed by atoms with Crippen LogP contribution in [0.3, 0.4) is 0 Å². The molecule has 2 heterocycles. The number of rotatable bonds is 6. The highest BCUT2D eigenvalue weighted by molar-refractivity contribution is 9.10. The van der Waals surface area contributed by atoms with Gasteiger partial charge in [-0.15, -0.1) is 11.3 Å². The van der Waals surface area contributed by atoms with Gasteiger partial charge in [0, 0.05) is 22.5 Å². The molecule has 0 fully saturated rings. The Balaban J connectivity index is 2.13. The molecule has 19 heavy (non-hydrogen) atoms. The summed E-state index contributed by atoms with van der Waals surface area (Å²) in [5.41, 5.74) is 2.21. The molecule has 0 aliphatic rings. The topological polar surface area (TPSA) is 37.8 Å². The third kappa shape index (κ3) is 4.37. The van der Waals surface area contributed by atoms with Gasteiger partial charge in [0.15, 0.2) is 0 Å². The summed E-state index contributed by atoms with van der Waals surface area (Å²) in [5.74, 6) is 0. The first kappa shape index (κ1) is 14.6. The predicted octanol–water partition coefficient (Wildman–Crippen LogP) is 3.89. The fourth-order valence-corrected chi connectivity index (χ4v) is 2.76. The van der Waals surface area contributed by atoms with E-state index in [1.54, 1.807) is 11.3 Å². The lowest BCUT2D eigenvalue weighted by Crippen LogP contribution is -2.25. The Hall–Kier alpha value is -0.780. The molecule has 0 spiro atoms. The Morgan fingerprint density at radius 2 is 2.26 bits per heavy atom. The van der Waals surface area contributed by atoms with Crippen molar-refractivity contribution in [3.8, 4) is 0 Å². The molecular formula is C14H18BrN3S. The van der Waals surface area contributed by atoms with Gasteiger partial charge < -0.3 is 5.32 Å². The SMILES string of the molecule is CCCNC(Cc1csc(C)n1)c1ccc(Br)cn1. The van der Waals surface area contributed by atoms with Crippen LogP contribution in [0.2, 0.25) is 0 Å². The molecule has 0 amide bonds. The lowest BCUT2D eigenvalue weighted by atomic mass is 10.1. The largest absolute Gasteiger partial charge is 0.308 e. The molecule has 0 aliphatic heterocycles. The number of nitrogens with one attached hydrogen (secondary N) is 1. The van der Waals surface area contributed by atoms with Gasteiger partial charge >= 0.3 is 0 Å². The van der Waals surface area contributed by atoms with Gasteiger partial charge in [0.25, 0.3) is 0 Å². The summed E-state index contributed by atoms with van der Waals surface area (Å²) in [4.78, 5) is 9.04. The van der Waals surface area contributed by atoms with Crippen LogP contribution in [0.15, 0.2) is 28.2 Å². The van der Waals surface area contributed by atoms with Crippen LogP contribution in [-0.4, -0.2) is 16.5 Å². The minimum absolute atomic E-state index is 0.231. The van der Waals surface area contributed by atoms with Crippen LogP contribution >= 0.6 is 27.3 Å². The van der Waals surface area contributed by atoms with E-state index in [1.807, 2.05) is 19.2 Å². The van der Waals surface area contributed by atoms with Crippen LogP contribution in [0.25, 0.3) is 0 Å². The number of pyridine rings is 1. The number of thiazole rings is 1. The van der Waals surface area contributed by atoms with Crippen molar-refractivity contribution >= 4 is 27.3 Å². The van der Waals surface area contributed by atoms with Gasteiger partial charge in [0.05, 0.1) is 22.4 Å². The van der Waals surface area contributed by atoms with Gasteiger partial charge in [-0.3, -0.25) is 4.98 Å². The molecule has 5 heteroatoms. The number of hydrogen-bond acceptors (Lipinski definition) is 4. The first-order chi connectivity index (χ1) is 9.19. The smallest absolute Gasteiger partial charge is 0.0897 e. The Kier molecular flexibility index (Phi) is 5.48. The van der Waals surface area contributed by atoms with Crippen LogP contribution in [-0.2, 0) is 6.42 Å². The third-order valence-electron chi connectivity index (χ3n) is 2.83. The van der Waals surface area contributed by atoms with Gasteiger partial charge in [-0.1, -0.05) is 6.92 Å². The maximum atomic E-state index is 4.54. The molecule has 0 saturated carbocycles. The molecule has 0 radical (unpaired) electrons. The van der Waals surface area contributed by atoms with Crippen molar-refractivity contribution in [1.29, 1.82) is 0 Å². The molecule has 0 aliphatic carbocycles. The molecule has 1 unspecified atom stereocenters. The second kappa shape index (κ2) is 7.12. The number of aromatic nitrogens is 2. The van der Waals surface area contributed by atoms with Crippen LogP contribution in [0.4, 0.5) is 0 Å². The molecule has 2 aromatic rings. The maximum Gasteiger partial charge on any atom is 0.0897 e. The van der Waals surface area contributed by atoms with E-state index in [0.717, 1.165) is 40.3 Å². The van der Waals surface area contributed by atoms with E-state index in [1.165, 1.54) is 0 Å². The minimum atomic E-state index is 0.231. The fourth-order valence-electron chi connectivity index (χ4n) is 1.90. The van der Waals surface area contributed by atoms with Crippen molar-refractivity contribution in [2.75, 3.05) is 6.54 Å². The highest BCUT2D eigenvalue weighted by Gasteiger charge is 2.14. The molecule has 2 aromatic heterocycles. The molecule has 0 aromatic carbocycles. The molecule has 3 nitrogen and oxygen atoms in total. The summed E-state index contributed by atoms with van der Waals surface area (Å²) in [6.07, 6.45) is 3.85. The second-order valence-corrected chi connectivity index (χ2v) is 6.45. The van der Waals surface area contributed by atoms with Crippen molar-refractivity contribution in [3.63, 3.8) is 0 Å². The molecule has 0 saturated heterocycles. The van der Waals surface area contributed by atoms with Gasteiger partial charge in [-0.25, -0.2) is 4.98 Å². The van der Waals surface area contributed by atoms with E-state index in [-0.39, 0.29) is 6.04 Å². The zero-order valence-electron chi connectivity index (χ0n) is 11.2. The standard InChI is InChI=1S/C14H18BrN3S/c1-3-6-16-14(7-12-9-19-10(2)18-12)13-5-4-11(15)8-17-13/h4-5,8-9,14,16H,3,6-7H2,1-2H3. The van der Waals surface area contributed by atoms with Crippen molar-refractivity contribution in [3.05, 3.63) is 44.6 Å². The van der Waals surface area contributed by atoms with Crippen LogP contribution < -0.4 is 5.32 Å². The molecule has 2 rings (SSSR count). The number of hydrogen-bond donors (Lipinski definition) is 1. The van der Waals surface area contributed by atoms with E-state index < -0.39 is 0 Å². The van der Waals surface area contributed by atoms with Crippen molar-refractivity contribution in [2.24, 2.45) is 0 Å². The summed E-state index contributed by atoms with van der Waals surface area (Å²) in [7, 11) is 0. The lowest BCUT2D eigenvalue weighted by Gasteiger charge is -2.17. The number of halogens is 1. The van der Waals surface area contributed by atoms with Crippen molar-refractivity contribution in [1.82, 2.24) is 15.3 Å². The van der Waals surface area contributed by atoms with E-state index in [4.69, 9.17) is 0 Å². The molecular weight excluding hydrogens is 322 g/mol. The van der Waals surface area contributed by atoms with E-state index in [2.05, 4.69) is 49.6 Å². The summed E-state index contributed by atoms with van der Waals surface area (Å²) in [6, 6.07) is 4.33. The first-order valence-electron chi connectivity index (χ1n) is 6.45.